The van der Waals surface area contributed by atoms with Gasteiger partial charge in [-0.15, -0.1) is 0 Å². The molecule has 0 spiro atoms. The Hall–Kier alpha value is -3.00. The first kappa shape index (κ1) is 20.3. The fourth-order valence-electron chi connectivity index (χ4n) is 3.82. The summed E-state index contributed by atoms with van der Waals surface area (Å²) < 4.78 is 0. The maximum atomic E-state index is 11.4. The van der Waals surface area contributed by atoms with Crippen molar-refractivity contribution in [1.82, 2.24) is 0 Å². The summed E-state index contributed by atoms with van der Waals surface area (Å²) in [5.41, 5.74) is 0.845. The zero-order chi connectivity index (χ0) is 21.0. The summed E-state index contributed by atoms with van der Waals surface area (Å²) in [6.07, 6.45) is 0.603. The van der Waals surface area contributed by atoms with E-state index < -0.39 is 7.26 Å². The SMILES string of the molecule is O=[N+]([O-])c1ccc(Cl)c(C[P+](c2ccccc2)(c2ccccc2)c2ccccc2)c1. The Morgan fingerprint density at radius 2 is 1.13 bits per heavy atom. The topological polar surface area (TPSA) is 43.1 Å². The largest absolute Gasteiger partial charge is 0.269 e. The van der Waals surface area contributed by atoms with Gasteiger partial charge in [0.15, 0.2) is 0 Å². The summed E-state index contributed by atoms with van der Waals surface area (Å²) in [6.45, 7) is 0. The van der Waals surface area contributed by atoms with Crippen molar-refractivity contribution in [3.05, 3.63) is 130 Å². The third-order valence-electron chi connectivity index (χ3n) is 5.24. The van der Waals surface area contributed by atoms with Gasteiger partial charge in [-0.05, 0) is 42.5 Å². The first-order valence-electron chi connectivity index (χ1n) is 9.59. The van der Waals surface area contributed by atoms with Gasteiger partial charge in [0, 0.05) is 22.7 Å². The van der Waals surface area contributed by atoms with Crippen LogP contribution in [0.5, 0.6) is 0 Å². The third-order valence-corrected chi connectivity index (χ3v) is 9.96. The molecule has 0 aromatic heterocycles. The molecule has 4 aromatic carbocycles. The Balaban J connectivity index is 2.01. The summed E-state index contributed by atoms with van der Waals surface area (Å²) in [4.78, 5) is 11.0. The average Bonchev–Trinajstić information content (AvgIpc) is 2.80. The van der Waals surface area contributed by atoms with Gasteiger partial charge >= 0.3 is 0 Å². The molecule has 0 fully saturated rings. The molecule has 0 N–H and O–H groups in total. The number of nitro benzene ring substituents is 1. The highest BCUT2D eigenvalue weighted by Crippen LogP contribution is 2.58. The lowest BCUT2D eigenvalue weighted by molar-refractivity contribution is -0.384. The maximum absolute atomic E-state index is 11.4. The smallest absolute Gasteiger partial charge is 0.258 e. The van der Waals surface area contributed by atoms with Gasteiger partial charge < -0.3 is 0 Å². The van der Waals surface area contributed by atoms with Gasteiger partial charge in [0.1, 0.15) is 29.3 Å². The van der Waals surface area contributed by atoms with Crippen molar-refractivity contribution in [2.45, 2.75) is 6.16 Å². The second kappa shape index (κ2) is 8.79. The summed E-state index contributed by atoms with van der Waals surface area (Å²) in [6, 6.07) is 35.9. The Morgan fingerprint density at radius 1 is 0.700 bits per heavy atom. The quantitative estimate of drug-likeness (QED) is 0.221. The molecule has 3 nitrogen and oxygen atoms in total. The van der Waals surface area contributed by atoms with Crippen molar-refractivity contribution in [3.63, 3.8) is 0 Å². The van der Waals surface area contributed by atoms with Crippen LogP contribution in [0.25, 0.3) is 0 Å². The highest BCUT2D eigenvalue weighted by molar-refractivity contribution is 7.95. The Kier molecular flexibility index (Phi) is 5.94. The van der Waals surface area contributed by atoms with Crippen LogP contribution < -0.4 is 15.9 Å². The summed E-state index contributed by atoms with van der Waals surface area (Å²) in [5.74, 6) is 0. The van der Waals surface area contributed by atoms with Crippen LogP contribution in [0.2, 0.25) is 5.02 Å². The molecule has 0 aliphatic rings. The van der Waals surface area contributed by atoms with E-state index in [9.17, 15) is 10.1 Å². The van der Waals surface area contributed by atoms with Crippen LogP contribution in [0, 0.1) is 10.1 Å². The molecule has 4 rings (SSSR count). The van der Waals surface area contributed by atoms with Crippen LogP contribution in [0.3, 0.4) is 0 Å². The third kappa shape index (κ3) is 3.87. The lowest BCUT2D eigenvalue weighted by atomic mass is 10.2. The molecular weight excluding hydrogens is 413 g/mol. The number of hydrogen-bond acceptors (Lipinski definition) is 2. The van der Waals surface area contributed by atoms with Gasteiger partial charge in [0.25, 0.3) is 5.69 Å². The normalized spacial score (nSPS) is 11.2. The lowest BCUT2D eigenvalue weighted by Gasteiger charge is -2.28. The summed E-state index contributed by atoms with van der Waals surface area (Å²) >= 11 is 6.56. The molecule has 148 valence electrons. The zero-order valence-corrected chi connectivity index (χ0v) is 17.8. The molecule has 0 unspecified atom stereocenters. The van der Waals surface area contributed by atoms with Gasteiger partial charge in [0.2, 0.25) is 0 Å². The van der Waals surface area contributed by atoms with Crippen molar-refractivity contribution in [2.24, 2.45) is 0 Å². The number of nitro groups is 1. The van der Waals surface area contributed by atoms with E-state index in [1.807, 2.05) is 54.6 Å². The van der Waals surface area contributed by atoms with Crippen molar-refractivity contribution >= 4 is 40.5 Å². The maximum Gasteiger partial charge on any atom is 0.269 e. The van der Waals surface area contributed by atoms with E-state index in [2.05, 4.69) is 36.4 Å². The van der Waals surface area contributed by atoms with Gasteiger partial charge in [-0.1, -0.05) is 66.2 Å². The fourth-order valence-corrected chi connectivity index (χ4v) is 8.36. The monoisotopic (exact) mass is 432 g/mol. The molecule has 5 heteroatoms. The van der Waals surface area contributed by atoms with Crippen molar-refractivity contribution in [1.29, 1.82) is 0 Å². The predicted octanol–water partition coefficient (Wildman–Crippen LogP) is 5.74. The molecule has 0 atom stereocenters. The van der Waals surface area contributed by atoms with Crippen molar-refractivity contribution in [2.75, 3.05) is 0 Å². The summed E-state index contributed by atoms with van der Waals surface area (Å²) in [5, 5.41) is 15.6. The van der Waals surface area contributed by atoms with Gasteiger partial charge in [-0.25, -0.2) is 0 Å². The van der Waals surface area contributed by atoms with Crippen molar-refractivity contribution in [3.8, 4) is 0 Å². The van der Waals surface area contributed by atoms with Gasteiger partial charge in [-0.3, -0.25) is 10.1 Å². The van der Waals surface area contributed by atoms with Crippen LogP contribution in [0.4, 0.5) is 5.69 Å². The molecule has 0 bridgehead atoms. The van der Waals surface area contributed by atoms with Crippen LogP contribution in [-0.4, -0.2) is 4.92 Å². The minimum Gasteiger partial charge on any atom is -0.258 e. The number of benzene rings is 4. The Labute approximate surface area is 181 Å². The summed E-state index contributed by atoms with van der Waals surface area (Å²) in [7, 11) is -2.16. The first-order valence-corrected chi connectivity index (χ1v) is 11.9. The first-order chi connectivity index (χ1) is 14.6. The molecule has 0 heterocycles. The Bertz CT molecular complexity index is 1050. The second-order valence-electron chi connectivity index (χ2n) is 7.01. The average molecular weight is 433 g/mol. The van der Waals surface area contributed by atoms with Crippen LogP contribution in [0.15, 0.2) is 109 Å². The zero-order valence-electron chi connectivity index (χ0n) is 16.2. The molecular formula is C25H20ClNO2P+. The number of nitrogens with zero attached hydrogens (tertiary/aromatic N) is 1. The number of non-ortho nitro benzene ring substituents is 1. The van der Waals surface area contributed by atoms with Crippen molar-refractivity contribution < 1.29 is 4.92 Å². The molecule has 0 amide bonds. The highest BCUT2D eigenvalue weighted by Gasteiger charge is 2.45. The minimum absolute atomic E-state index is 0.0571. The molecule has 0 saturated heterocycles. The molecule has 30 heavy (non-hydrogen) atoms. The lowest BCUT2D eigenvalue weighted by Crippen LogP contribution is -2.32. The molecule has 0 radical (unpaired) electrons. The molecule has 0 aliphatic carbocycles. The number of hydrogen-bond donors (Lipinski definition) is 0. The van der Waals surface area contributed by atoms with E-state index >= 15 is 0 Å². The minimum atomic E-state index is -2.16. The standard InChI is InChI=1S/C25H20ClNO2P/c26-25-17-16-21(27(28)29)18-20(25)19-30(22-10-4-1-5-11-22,23-12-6-2-7-13-23)24-14-8-3-9-15-24/h1-18H,19H2/q+1. The predicted molar refractivity (Wildman–Crippen MR) is 127 cm³/mol. The highest BCUT2D eigenvalue weighted by atomic mass is 35.5. The van der Waals surface area contributed by atoms with E-state index in [1.54, 1.807) is 12.1 Å². The van der Waals surface area contributed by atoms with Gasteiger partial charge in [0.05, 0.1) is 4.92 Å². The van der Waals surface area contributed by atoms with E-state index in [-0.39, 0.29) is 10.6 Å². The molecule has 0 aliphatic heterocycles. The van der Waals surface area contributed by atoms with Crippen LogP contribution in [-0.2, 0) is 6.16 Å². The van der Waals surface area contributed by atoms with E-state index in [4.69, 9.17) is 11.6 Å². The van der Waals surface area contributed by atoms with E-state index in [1.165, 1.54) is 22.0 Å². The Morgan fingerprint density at radius 3 is 1.53 bits per heavy atom. The second-order valence-corrected chi connectivity index (χ2v) is 10.9. The van der Waals surface area contributed by atoms with E-state index in [0.29, 0.717) is 11.2 Å². The number of halogens is 1. The van der Waals surface area contributed by atoms with E-state index in [0.717, 1.165) is 5.56 Å². The van der Waals surface area contributed by atoms with Crippen LogP contribution >= 0.6 is 18.9 Å². The molecule has 4 aromatic rings. The van der Waals surface area contributed by atoms with Gasteiger partial charge in [-0.2, -0.15) is 0 Å². The van der Waals surface area contributed by atoms with Crippen LogP contribution in [0.1, 0.15) is 5.56 Å². The number of rotatable bonds is 6. The molecule has 0 saturated carbocycles. The fraction of sp³-hybridized carbons (Fsp3) is 0.0400.